The van der Waals surface area contributed by atoms with E-state index < -0.39 is 0 Å². The van der Waals surface area contributed by atoms with E-state index >= 15 is 0 Å². The minimum atomic E-state index is -0.205. The molecular formula is C16H24FN3O. The lowest BCUT2D eigenvalue weighted by Crippen LogP contribution is -2.31. The van der Waals surface area contributed by atoms with Crippen molar-refractivity contribution in [2.24, 2.45) is 5.92 Å². The summed E-state index contributed by atoms with van der Waals surface area (Å²) in [4.78, 5) is 13.9. The number of carbonyl (C=O) groups excluding carboxylic acids is 1. The molecule has 0 aliphatic carbocycles. The first-order chi connectivity index (χ1) is 10.2. The van der Waals surface area contributed by atoms with E-state index in [0.29, 0.717) is 12.3 Å². The van der Waals surface area contributed by atoms with Crippen LogP contribution in [0.4, 0.5) is 10.1 Å². The zero-order chi connectivity index (χ0) is 15.1. The smallest absolute Gasteiger partial charge is 0.220 e. The van der Waals surface area contributed by atoms with E-state index in [1.54, 1.807) is 0 Å². The van der Waals surface area contributed by atoms with Crippen LogP contribution in [-0.2, 0) is 4.79 Å². The van der Waals surface area contributed by atoms with Crippen LogP contribution in [0.5, 0.6) is 0 Å². The van der Waals surface area contributed by atoms with Crippen molar-refractivity contribution in [2.75, 3.05) is 38.1 Å². The minimum absolute atomic E-state index is 0.130. The molecule has 1 unspecified atom stereocenters. The molecule has 0 aromatic heterocycles. The van der Waals surface area contributed by atoms with Crippen LogP contribution >= 0.6 is 0 Å². The highest BCUT2D eigenvalue weighted by atomic mass is 19.1. The number of hydrogen-bond acceptors (Lipinski definition) is 3. The second-order valence-corrected chi connectivity index (χ2v) is 5.59. The number of nitrogens with one attached hydrogen (secondary N) is 2. The Labute approximate surface area is 125 Å². The van der Waals surface area contributed by atoms with Crippen molar-refractivity contribution in [3.8, 4) is 0 Å². The molecule has 2 N–H and O–H groups in total. The molecule has 116 valence electrons. The molecule has 1 amide bonds. The summed E-state index contributed by atoms with van der Waals surface area (Å²) >= 11 is 0. The maximum absolute atomic E-state index is 12.9. The van der Waals surface area contributed by atoms with Gasteiger partial charge in [-0.15, -0.1) is 0 Å². The second kappa shape index (κ2) is 7.98. The Hall–Kier alpha value is -1.62. The van der Waals surface area contributed by atoms with E-state index in [2.05, 4.69) is 15.5 Å². The number of amides is 1. The number of nitrogens with zero attached hydrogens (tertiary/aromatic N) is 1. The maximum Gasteiger partial charge on any atom is 0.220 e. The van der Waals surface area contributed by atoms with Crippen LogP contribution in [-0.4, -0.2) is 39.1 Å². The molecule has 0 spiro atoms. The van der Waals surface area contributed by atoms with E-state index in [1.807, 2.05) is 19.2 Å². The van der Waals surface area contributed by atoms with Crippen molar-refractivity contribution in [3.05, 3.63) is 30.1 Å². The molecule has 4 nitrogen and oxygen atoms in total. The lowest BCUT2D eigenvalue weighted by Gasteiger charge is -2.18. The van der Waals surface area contributed by atoms with Crippen molar-refractivity contribution in [1.82, 2.24) is 10.6 Å². The largest absolute Gasteiger partial charge is 0.371 e. The molecular weight excluding hydrogens is 269 g/mol. The molecule has 1 aliphatic rings. The molecule has 2 rings (SSSR count). The van der Waals surface area contributed by atoms with Crippen LogP contribution in [0, 0.1) is 11.7 Å². The van der Waals surface area contributed by atoms with E-state index in [-0.39, 0.29) is 11.7 Å². The fraction of sp³-hybridized carbons (Fsp3) is 0.562. The molecule has 1 aromatic carbocycles. The van der Waals surface area contributed by atoms with Gasteiger partial charge in [0.1, 0.15) is 5.82 Å². The zero-order valence-corrected chi connectivity index (χ0v) is 12.6. The van der Waals surface area contributed by atoms with Gasteiger partial charge < -0.3 is 15.5 Å². The molecule has 1 aromatic rings. The van der Waals surface area contributed by atoms with Crippen molar-refractivity contribution in [2.45, 2.75) is 19.3 Å². The quantitative estimate of drug-likeness (QED) is 0.753. The SMILES string of the molecule is CNCCCC(=O)NCC1CCN(c2ccc(F)cc2)C1. The second-order valence-electron chi connectivity index (χ2n) is 5.59. The van der Waals surface area contributed by atoms with E-state index in [1.165, 1.54) is 12.1 Å². The van der Waals surface area contributed by atoms with E-state index in [0.717, 1.165) is 44.7 Å². The van der Waals surface area contributed by atoms with Crippen molar-refractivity contribution in [1.29, 1.82) is 0 Å². The molecule has 1 saturated heterocycles. The average Bonchev–Trinajstić information content (AvgIpc) is 2.95. The standard InChI is InChI=1S/C16H24FN3O/c1-18-9-2-3-16(21)19-11-13-8-10-20(12-13)15-6-4-14(17)5-7-15/h4-7,13,18H,2-3,8-12H2,1H3,(H,19,21). The number of carbonyl (C=O) groups is 1. The minimum Gasteiger partial charge on any atom is -0.371 e. The van der Waals surface area contributed by atoms with Crippen LogP contribution in [0.25, 0.3) is 0 Å². The number of halogens is 1. The molecule has 1 heterocycles. The highest BCUT2D eigenvalue weighted by Crippen LogP contribution is 2.23. The lowest BCUT2D eigenvalue weighted by molar-refractivity contribution is -0.121. The van der Waals surface area contributed by atoms with Gasteiger partial charge in [-0.05, 0) is 56.6 Å². The highest BCUT2D eigenvalue weighted by Gasteiger charge is 2.22. The van der Waals surface area contributed by atoms with Gasteiger partial charge in [0.25, 0.3) is 0 Å². The maximum atomic E-state index is 12.9. The number of benzene rings is 1. The summed E-state index contributed by atoms with van der Waals surface area (Å²) in [6, 6.07) is 6.61. The van der Waals surface area contributed by atoms with Gasteiger partial charge in [0.05, 0.1) is 0 Å². The van der Waals surface area contributed by atoms with Crippen LogP contribution in [0.2, 0.25) is 0 Å². The first kappa shape index (κ1) is 15.8. The molecule has 1 aliphatic heterocycles. The summed E-state index contributed by atoms with van der Waals surface area (Å²) < 4.78 is 12.9. The lowest BCUT2D eigenvalue weighted by atomic mass is 10.1. The van der Waals surface area contributed by atoms with E-state index in [9.17, 15) is 9.18 Å². The fourth-order valence-electron chi connectivity index (χ4n) is 2.66. The van der Waals surface area contributed by atoms with Gasteiger partial charge in [-0.25, -0.2) is 4.39 Å². The first-order valence-electron chi connectivity index (χ1n) is 7.61. The summed E-state index contributed by atoms with van der Waals surface area (Å²) in [6.45, 7) is 3.49. The molecule has 1 fully saturated rings. The van der Waals surface area contributed by atoms with Gasteiger partial charge in [-0.1, -0.05) is 0 Å². The number of anilines is 1. The highest BCUT2D eigenvalue weighted by molar-refractivity contribution is 5.75. The predicted octanol–water partition coefficient (Wildman–Crippen LogP) is 1.77. The number of hydrogen-bond donors (Lipinski definition) is 2. The van der Waals surface area contributed by atoms with Crippen molar-refractivity contribution >= 4 is 11.6 Å². The number of rotatable bonds is 7. The Morgan fingerprint density at radius 1 is 1.38 bits per heavy atom. The third-order valence-electron chi connectivity index (χ3n) is 3.90. The molecule has 1 atom stereocenters. The third kappa shape index (κ3) is 5.01. The van der Waals surface area contributed by atoms with Crippen LogP contribution in [0.3, 0.4) is 0 Å². The summed E-state index contributed by atoms with van der Waals surface area (Å²) in [5.74, 6) is 0.400. The van der Waals surface area contributed by atoms with Gasteiger partial charge >= 0.3 is 0 Å². The molecule has 21 heavy (non-hydrogen) atoms. The zero-order valence-electron chi connectivity index (χ0n) is 12.6. The summed E-state index contributed by atoms with van der Waals surface area (Å²) in [6.07, 6.45) is 2.51. The first-order valence-corrected chi connectivity index (χ1v) is 7.61. The summed E-state index contributed by atoms with van der Waals surface area (Å²) in [5.41, 5.74) is 1.05. The topological polar surface area (TPSA) is 44.4 Å². The Balaban J connectivity index is 1.70. The Morgan fingerprint density at radius 2 is 2.14 bits per heavy atom. The normalized spacial score (nSPS) is 18.0. The summed E-state index contributed by atoms with van der Waals surface area (Å²) in [5, 5.41) is 6.05. The van der Waals surface area contributed by atoms with Gasteiger partial charge in [0.15, 0.2) is 0 Å². The van der Waals surface area contributed by atoms with Crippen molar-refractivity contribution < 1.29 is 9.18 Å². The van der Waals surface area contributed by atoms with Gasteiger partial charge in [0.2, 0.25) is 5.91 Å². The van der Waals surface area contributed by atoms with E-state index in [4.69, 9.17) is 0 Å². The van der Waals surface area contributed by atoms with Gasteiger partial charge in [-0.3, -0.25) is 4.79 Å². The molecule has 0 radical (unpaired) electrons. The average molecular weight is 293 g/mol. The molecule has 0 saturated carbocycles. The van der Waals surface area contributed by atoms with Gasteiger partial charge in [-0.2, -0.15) is 0 Å². The fourth-order valence-corrected chi connectivity index (χ4v) is 2.66. The molecule has 5 heteroatoms. The Kier molecular flexibility index (Phi) is 5.99. The predicted molar refractivity (Wildman–Crippen MR) is 82.9 cm³/mol. The van der Waals surface area contributed by atoms with Crippen LogP contribution in [0.1, 0.15) is 19.3 Å². The van der Waals surface area contributed by atoms with Crippen LogP contribution in [0.15, 0.2) is 24.3 Å². The Bertz CT molecular complexity index is 449. The monoisotopic (exact) mass is 293 g/mol. The van der Waals surface area contributed by atoms with Crippen LogP contribution < -0.4 is 15.5 Å². The Morgan fingerprint density at radius 3 is 2.86 bits per heavy atom. The van der Waals surface area contributed by atoms with Gasteiger partial charge in [0, 0.05) is 31.7 Å². The van der Waals surface area contributed by atoms with Crippen molar-refractivity contribution in [3.63, 3.8) is 0 Å². The summed E-state index contributed by atoms with van der Waals surface area (Å²) in [7, 11) is 1.89. The third-order valence-corrected chi connectivity index (χ3v) is 3.90. The molecule has 0 bridgehead atoms.